The highest BCUT2D eigenvalue weighted by atomic mass is 32.1. The predicted octanol–water partition coefficient (Wildman–Crippen LogP) is -0.0856. The maximum Gasteiger partial charge on any atom is 0.326 e. The van der Waals surface area contributed by atoms with E-state index in [1.54, 1.807) is 16.8 Å². The standard InChI is InChI=1S/C13H16N2O5S/c16-9-5-10(13(19)20)15(6-9)11(17)1-3-14-12(18)8-2-4-21-7-8/h2,4,7,9-10,16H,1,3,5-6H2,(H,14,18)(H,19,20)/t9-,10+/m1/s1. The Morgan fingerprint density at radius 2 is 2.19 bits per heavy atom. The molecule has 0 saturated carbocycles. The van der Waals surface area contributed by atoms with Crippen molar-refractivity contribution < 1.29 is 24.6 Å². The van der Waals surface area contributed by atoms with Gasteiger partial charge in [-0.1, -0.05) is 0 Å². The molecule has 3 N–H and O–H groups in total. The van der Waals surface area contributed by atoms with Gasteiger partial charge in [-0.3, -0.25) is 9.59 Å². The SMILES string of the molecule is O=C(NCCC(=O)N1C[C@H](O)C[C@H]1C(=O)O)c1ccsc1. The largest absolute Gasteiger partial charge is 0.480 e. The number of β-amino-alcohol motifs (C(OH)–C–C–N with tert-alkyl or cyclic N) is 1. The van der Waals surface area contributed by atoms with Crippen LogP contribution in [0.15, 0.2) is 16.8 Å². The maximum atomic E-state index is 12.0. The average Bonchev–Trinajstić information content (AvgIpc) is 3.07. The Labute approximate surface area is 125 Å². The number of carbonyl (C=O) groups is 3. The van der Waals surface area contributed by atoms with E-state index in [-0.39, 0.29) is 37.7 Å². The number of carboxylic acids is 1. The van der Waals surface area contributed by atoms with E-state index in [1.165, 1.54) is 11.3 Å². The van der Waals surface area contributed by atoms with Crippen molar-refractivity contribution in [3.05, 3.63) is 22.4 Å². The number of aliphatic hydroxyl groups excluding tert-OH is 1. The summed E-state index contributed by atoms with van der Waals surface area (Å²) in [5, 5.41) is 24.6. The van der Waals surface area contributed by atoms with E-state index in [0.717, 1.165) is 4.90 Å². The van der Waals surface area contributed by atoms with E-state index in [1.807, 2.05) is 0 Å². The summed E-state index contributed by atoms with van der Waals surface area (Å²) >= 11 is 1.40. The smallest absolute Gasteiger partial charge is 0.326 e. The zero-order valence-corrected chi connectivity index (χ0v) is 12.0. The number of nitrogens with one attached hydrogen (secondary N) is 1. The summed E-state index contributed by atoms with van der Waals surface area (Å²) in [6.07, 6.45) is -0.759. The van der Waals surface area contributed by atoms with E-state index in [9.17, 15) is 19.5 Å². The molecular formula is C13H16N2O5S. The molecule has 1 aromatic heterocycles. The first kappa shape index (κ1) is 15.5. The van der Waals surface area contributed by atoms with Crippen molar-refractivity contribution in [1.29, 1.82) is 0 Å². The van der Waals surface area contributed by atoms with Gasteiger partial charge in [0.1, 0.15) is 6.04 Å². The number of nitrogens with zero attached hydrogens (tertiary/aromatic N) is 1. The molecule has 8 heteroatoms. The molecule has 0 aromatic carbocycles. The van der Waals surface area contributed by atoms with Crippen molar-refractivity contribution in [3.8, 4) is 0 Å². The molecule has 21 heavy (non-hydrogen) atoms. The summed E-state index contributed by atoms with van der Waals surface area (Å²) in [4.78, 5) is 35.8. The third-order valence-electron chi connectivity index (χ3n) is 3.29. The second-order valence-electron chi connectivity index (χ2n) is 4.81. The molecule has 0 radical (unpaired) electrons. The molecule has 1 saturated heterocycles. The van der Waals surface area contributed by atoms with Crippen molar-refractivity contribution in [2.24, 2.45) is 0 Å². The van der Waals surface area contributed by atoms with Gasteiger partial charge in [0.2, 0.25) is 5.91 Å². The van der Waals surface area contributed by atoms with Crippen molar-refractivity contribution in [2.45, 2.75) is 25.0 Å². The number of aliphatic hydroxyl groups is 1. The molecule has 1 aromatic rings. The molecule has 1 aliphatic heterocycles. The Kier molecular flexibility index (Phi) is 4.92. The van der Waals surface area contributed by atoms with Crippen LogP contribution in [-0.2, 0) is 9.59 Å². The molecule has 2 heterocycles. The van der Waals surface area contributed by atoms with Crippen molar-refractivity contribution >= 4 is 29.1 Å². The molecular weight excluding hydrogens is 296 g/mol. The number of likely N-dealkylation sites (tertiary alicyclic amines) is 1. The molecule has 1 aliphatic rings. The summed E-state index contributed by atoms with van der Waals surface area (Å²) < 4.78 is 0. The van der Waals surface area contributed by atoms with Crippen molar-refractivity contribution in [1.82, 2.24) is 10.2 Å². The fraction of sp³-hybridized carbons (Fsp3) is 0.462. The molecule has 7 nitrogen and oxygen atoms in total. The first-order valence-electron chi connectivity index (χ1n) is 6.49. The predicted molar refractivity (Wildman–Crippen MR) is 75.0 cm³/mol. The third kappa shape index (κ3) is 3.79. The second-order valence-corrected chi connectivity index (χ2v) is 5.59. The Bertz CT molecular complexity index is 531. The van der Waals surface area contributed by atoms with Crippen LogP contribution in [0.1, 0.15) is 23.2 Å². The lowest BCUT2D eigenvalue weighted by molar-refractivity contribution is -0.148. The number of thiophene rings is 1. The zero-order valence-electron chi connectivity index (χ0n) is 11.2. The fourth-order valence-corrected chi connectivity index (χ4v) is 2.88. The van der Waals surface area contributed by atoms with Crippen LogP contribution in [0.25, 0.3) is 0 Å². The lowest BCUT2D eigenvalue weighted by Crippen LogP contribution is -2.41. The number of carboxylic acid groups (broad SMARTS) is 1. The van der Waals surface area contributed by atoms with E-state index in [0.29, 0.717) is 5.56 Å². The summed E-state index contributed by atoms with van der Waals surface area (Å²) in [5.74, 6) is -1.77. The molecule has 0 spiro atoms. The lowest BCUT2D eigenvalue weighted by atomic mass is 10.2. The highest BCUT2D eigenvalue weighted by molar-refractivity contribution is 7.08. The van der Waals surface area contributed by atoms with E-state index < -0.39 is 18.1 Å². The number of hydrogen-bond acceptors (Lipinski definition) is 5. The van der Waals surface area contributed by atoms with Crippen LogP contribution in [0.3, 0.4) is 0 Å². The third-order valence-corrected chi connectivity index (χ3v) is 3.98. The Morgan fingerprint density at radius 3 is 2.81 bits per heavy atom. The van der Waals surface area contributed by atoms with Gasteiger partial charge in [-0.25, -0.2) is 4.79 Å². The van der Waals surface area contributed by atoms with E-state index in [4.69, 9.17) is 5.11 Å². The first-order valence-corrected chi connectivity index (χ1v) is 7.44. The van der Waals surface area contributed by atoms with E-state index in [2.05, 4.69) is 5.32 Å². The molecule has 2 amide bonds. The van der Waals surface area contributed by atoms with Gasteiger partial charge in [0.15, 0.2) is 0 Å². The number of carbonyl (C=O) groups excluding carboxylic acids is 2. The minimum absolute atomic E-state index is 0.00633. The topological polar surface area (TPSA) is 107 Å². The molecule has 114 valence electrons. The van der Waals surface area contributed by atoms with Crippen LogP contribution in [0.5, 0.6) is 0 Å². The minimum atomic E-state index is -1.12. The fourth-order valence-electron chi connectivity index (χ4n) is 2.25. The Hall–Kier alpha value is -1.93. The number of rotatable bonds is 5. The van der Waals surface area contributed by atoms with Crippen LogP contribution in [0, 0.1) is 0 Å². The van der Waals surface area contributed by atoms with Gasteiger partial charge in [0.25, 0.3) is 5.91 Å². The van der Waals surface area contributed by atoms with Crippen LogP contribution >= 0.6 is 11.3 Å². The molecule has 0 bridgehead atoms. The molecule has 0 aliphatic carbocycles. The number of amides is 2. The Morgan fingerprint density at radius 1 is 1.43 bits per heavy atom. The van der Waals surface area contributed by atoms with Gasteiger partial charge in [-0.2, -0.15) is 11.3 Å². The summed E-state index contributed by atoms with van der Waals surface area (Å²) in [7, 11) is 0. The monoisotopic (exact) mass is 312 g/mol. The van der Waals surface area contributed by atoms with Crippen molar-refractivity contribution in [2.75, 3.05) is 13.1 Å². The first-order chi connectivity index (χ1) is 9.99. The molecule has 1 fully saturated rings. The van der Waals surface area contributed by atoms with Gasteiger partial charge in [-0.15, -0.1) is 0 Å². The molecule has 2 rings (SSSR count). The quantitative estimate of drug-likeness (QED) is 0.704. The maximum absolute atomic E-state index is 12.0. The highest BCUT2D eigenvalue weighted by Gasteiger charge is 2.38. The Balaban J connectivity index is 1.81. The van der Waals surface area contributed by atoms with Gasteiger partial charge in [0.05, 0.1) is 6.10 Å². The van der Waals surface area contributed by atoms with Crippen LogP contribution in [0.4, 0.5) is 0 Å². The van der Waals surface area contributed by atoms with Crippen LogP contribution in [-0.4, -0.2) is 58.1 Å². The summed E-state index contributed by atoms with van der Waals surface area (Å²) in [6, 6.07) is 0.694. The van der Waals surface area contributed by atoms with Crippen LogP contribution in [0.2, 0.25) is 0 Å². The summed E-state index contributed by atoms with van der Waals surface area (Å²) in [6.45, 7) is 0.153. The van der Waals surface area contributed by atoms with Crippen molar-refractivity contribution in [3.63, 3.8) is 0 Å². The normalized spacial score (nSPS) is 21.3. The van der Waals surface area contributed by atoms with Crippen LogP contribution < -0.4 is 5.32 Å². The summed E-state index contributed by atoms with van der Waals surface area (Å²) in [5.41, 5.74) is 0.535. The number of aliphatic carboxylic acids is 1. The van der Waals surface area contributed by atoms with Gasteiger partial charge in [0, 0.05) is 36.9 Å². The van der Waals surface area contributed by atoms with E-state index >= 15 is 0 Å². The van der Waals surface area contributed by atoms with Gasteiger partial charge in [-0.05, 0) is 11.4 Å². The zero-order chi connectivity index (χ0) is 15.4. The van der Waals surface area contributed by atoms with Gasteiger partial charge < -0.3 is 20.4 Å². The average molecular weight is 312 g/mol. The molecule has 0 unspecified atom stereocenters. The minimum Gasteiger partial charge on any atom is -0.480 e. The molecule has 2 atom stereocenters. The number of hydrogen-bond donors (Lipinski definition) is 3. The second kappa shape index (κ2) is 6.68. The lowest BCUT2D eigenvalue weighted by Gasteiger charge is -2.21. The van der Waals surface area contributed by atoms with Gasteiger partial charge >= 0.3 is 5.97 Å². The highest BCUT2D eigenvalue weighted by Crippen LogP contribution is 2.19.